The van der Waals surface area contributed by atoms with Gasteiger partial charge in [-0.15, -0.1) is 11.3 Å². The van der Waals surface area contributed by atoms with Gasteiger partial charge in [-0.25, -0.2) is 4.79 Å². The Bertz CT molecular complexity index is 1440. The highest BCUT2D eigenvalue weighted by Crippen LogP contribution is 2.31. The van der Waals surface area contributed by atoms with Gasteiger partial charge in [0.05, 0.1) is 35.4 Å². The van der Waals surface area contributed by atoms with Crippen molar-refractivity contribution < 1.29 is 14.3 Å². The number of pyridine rings is 2. The maximum absolute atomic E-state index is 13.8. The van der Waals surface area contributed by atoms with Gasteiger partial charge in [-0.1, -0.05) is 36.4 Å². The van der Waals surface area contributed by atoms with Gasteiger partial charge < -0.3 is 19.1 Å². The van der Waals surface area contributed by atoms with Gasteiger partial charge in [-0.3, -0.25) is 14.6 Å². The largest absolute Gasteiger partial charge is 0.462 e. The van der Waals surface area contributed by atoms with Crippen molar-refractivity contribution in [3.05, 3.63) is 92.7 Å². The van der Waals surface area contributed by atoms with E-state index in [0.29, 0.717) is 48.8 Å². The van der Waals surface area contributed by atoms with Crippen molar-refractivity contribution in [1.29, 1.82) is 0 Å². The summed E-state index contributed by atoms with van der Waals surface area (Å²) in [5, 5.41) is 2.64. The van der Waals surface area contributed by atoms with Crippen LogP contribution in [0.3, 0.4) is 0 Å². The summed E-state index contributed by atoms with van der Waals surface area (Å²) in [5.74, 6) is -0.641. The number of piperazine rings is 1. The van der Waals surface area contributed by atoms with Crippen LogP contribution in [0.4, 0.5) is 5.69 Å². The van der Waals surface area contributed by atoms with Crippen LogP contribution in [-0.4, -0.2) is 59.1 Å². The first kappa shape index (κ1) is 23.7. The van der Waals surface area contributed by atoms with E-state index in [9.17, 15) is 14.4 Å². The molecule has 184 valence electrons. The molecule has 9 heteroatoms. The smallest absolute Gasteiger partial charge is 0.345 e. The summed E-state index contributed by atoms with van der Waals surface area (Å²) in [6.45, 7) is 4.13. The second-order valence-electron chi connectivity index (χ2n) is 8.47. The van der Waals surface area contributed by atoms with E-state index in [2.05, 4.69) is 4.98 Å². The second-order valence-corrected chi connectivity index (χ2v) is 9.42. The minimum atomic E-state index is -0.643. The van der Waals surface area contributed by atoms with E-state index in [4.69, 9.17) is 4.74 Å². The third-order valence-electron chi connectivity index (χ3n) is 6.32. The lowest BCUT2D eigenvalue weighted by Crippen LogP contribution is -2.49. The fraction of sp³-hybridized carbons (Fsp3) is 0.259. The molecule has 1 aliphatic heterocycles. The predicted octanol–water partition coefficient (Wildman–Crippen LogP) is 3.65. The maximum Gasteiger partial charge on any atom is 0.345 e. The molecular weight excluding hydrogens is 476 g/mol. The van der Waals surface area contributed by atoms with E-state index in [1.165, 1.54) is 11.3 Å². The van der Waals surface area contributed by atoms with E-state index >= 15 is 0 Å². The molecule has 0 bridgehead atoms. The normalized spacial score (nSPS) is 13.7. The number of aromatic nitrogens is 2. The highest BCUT2D eigenvalue weighted by molar-refractivity contribution is 7.12. The van der Waals surface area contributed by atoms with E-state index in [-0.39, 0.29) is 18.1 Å². The second kappa shape index (κ2) is 10.3. The van der Waals surface area contributed by atoms with Gasteiger partial charge in [0.2, 0.25) is 0 Å². The Morgan fingerprint density at radius 3 is 2.50 bits per heavy atom. The molecule has 1 aliphatic rings. The van der Waals surface area contributed by atoms with Crippen molar-refractivity contribution in [3.63, 3.8) is 0 Å². The third kappa shape index (κ3) is 4.49. The van der Waals surface area contributed by atoms with E-state index in [1.54, 1.807) is 23.9 Å². The molecule has 4 aromatic rings. The van der Waals surface area contributed by atoms with Crippen LogP contribution in [0.15, 0.2) is 71.1 Å². The molecule has 1 fully saturated rings. The van der Waals surface area contributed by atoms with Crippen LogP contribution in [0.25, 0.3) is 10.9 Å². The van der Waals surface area contributed by atoms with Crippen molar-refractivity contribution in [2.24, 2.45) is 0 Å². The molecule has 5 rings (SSSR count). The van der Waals surface area contributed by atoms with Crippen molar-refractivity contribution in [1.82, 2.24) is 14.5 Å². The van der Waals surface area contributed by atoms with Crippen LogP contribution in [-0.2, 0) is 11.3 Å². The Kier molecular flexibility index (Phi) is 6.81. The monoisotopic (exact) mass is 502 g/mol. The summed E-state index contributed by atoms with van der Waals surface area (Å²) in [7, 11) is 0. The van der Waals surface area contributed by atoms with Gasteiger partial charge in [0.1, 0.15) is 5.56 Å². The molecular formula is C27H26N4O4S. The average molecular weight is 503 g/mol. The number of anilines is 1. The van der Waals surface area contributed by atoms with Crippen LogP contribution < -0.4 is 10.5 Å². The summed E-state index contributed by atoms with van der Waals surface area (Å²) in [6.07, 6.45) is 3.32. The molecule has 1 saturated heterocycles. The van der Waals surface area contributed by atoms with Crippen molar-refractivity contribution >= 4 is 39.8 Å². The predicted molar refractivity (Wildman–Crippen MR) is 140 cm³/mol. The zero-order valence-electron chi connectivity index (χ0n) is 19.9. The highest BCUT2D eigenvalue weighted by atomic mass is 32.1. The molecule has 0 aliphatic carbocycles. The highest BCUT2D eigenvalue weighted by Gasteiger charge is 2.30. The van der Waals surface area contributed by atoms with Gasteiger partial charge in [-0.05, 0) is 30.0 Å². The zero-order chi connectivity index (χ0) is 25.1. The van der Waals surface area contributed by atoms with Crippen LogP contribution in [0.1, 0.15) is 32.5 Å². The molecule has 0 N–H and O–H groups in total. The van der Waals surface area contributed by atoms with Crippen LogP contribution >= 0.6 is 11.3 Å². The summed E-state index contributed by atoms with van der Waals surface area (Å²) < 4.78 is 6.93. The van der Waals surface area contributed by atoms with Crippen molar-refractivity contribution in [2.75, 3.05) is 37.7 Å². The van der Waals surface area contributed by atoms with E-state index in [0.717, 1.165) is 10.9 Å². The molecule has 0 radical (unpaired) electrons. The summed E-state index contributed by atoms with van der Waals surface area (Å²) in [4.78, 5) is 48.6. The minimum absolute atomic E-state index is 0.00241. The Labute approximate surface area is 212 Å². The first-order valence-electron chi connectivity index (χ1n) is 11.9. The molecule has 36 heavy (non-hydrogen) atoms. The number of carbonyl (C=O) groups excluding carboxylic acids is 2. The lowest BCUT2D eigenvalue weighted by atomic mass is 10.1. The third-order valence-corrected chi connectivity index (χ3v) is 7.18. The number of nitrogens with zero attached hydrogens (tertiary/aromatic N) is 4. The molecule has 1 amide bonds. The number of hydrogen-bond acceptors (Lipinski definition) is 7. The lowest BCUT2D eigenvalue weighted by Gasteiger charge is -2.37. The van der Waals surface area contributed by atoms with Crippen LogP contribution in [0, 0.1) is 0 Å². The van der Waals surface area contributed by atoms with Gasteiger partial charge in [0.15, 0.2) is 0 Å². The number of hydrogen-bond donors (Lipinski definition) is 0. The standard InChI is InChI=1S/C27H26N4O4S/c1-2-35-27(34)23-24(29-12-14-30(15-13-29)25(32)22-9-6-16-36-22)20-10-11-28-17-21(20)31(26(23)33)18-19-7-4-3-5-8-19/h3-11,16-17H,2,12-15,18H2,1H3. The number of fused-ring (bicyclic) bond motifs is 1. The quantitative estimate of drug-likeness (QED) is 0.374. The van der Waals surface area contributed by atoms with Crippen molar-refractivity contribution in [3.8, 4) is 0 Å². The number of rotatable bonds is 6. The molecule has 8 nitrogen and oxygen atoms in total. The molecule has 0 spiro atoms. The molecule has 4 heterocycles. The Morgan fingerprint density at radius 1 is 1.03 bits per heavy atom. The summed E-state index contributed by atoms with van der Waals surface area (Å²) in [6, 6.07) is 15.2. The van der Waals surface area contributed by atoms with E-state index < -0.39 is 11.5 Å². The van der Waals surface area contributed by atoms with Gasteiger partial charge in [0, 0.05) is 37.8 Å². The Hall–Kier alpha value is -3.98. The van der Waals surface area contributed by atoms with Crippen molar-refractivity contribution in [2.45, 2.75) is 13.5 Å². The molecule has 0 atom stereocenters. The molecule has 3 aromatic heterocycles. The van der Waals surface area contributed by atoms with Crippen LogP contribution in [0.2, 0.25) is 0 Å². The minimum Gasteiger partial charge on any atom is -0.462 e. The topological polar surface area (TPSA) is 84.7 Å². The molecule has 0 unspecified atom stereocenters. The lowest BCUT2D eigenvalue weighted by molar-refractivity contribution is 0.0523. The number of carbonyl (C=O) groups is 2. The fourth-order valence-corrected chi connectivity index (χ4v) is 5.30. The molecule has 0 saturated carbocycles. The van der Waals surface area contributed by atoms with Gasteiger partial charge in [0.25, 0.3) is 11.5 Å². The van der Waals surface area contributed by atoms with Gasteiger partial charge >= 0.3 is 5.97 Å². The Balaban J connectivity index is 1.57. The SMILES string of the molecule is CCOC(=O)c1c(N2CCN(C(=O)c3cccs3)CC2)c2ccncc2n(Cc2ccccc2)c1=O. The number of esters is 1. The average Bonchev–Trinajstić information content (AvgIpc) is 3.45. The first-order valence-corrected chi connectivity index (χ1v) is 12.8. The van der Waals surface area contributed by atoms with E-state index in [1.807, 2.05) is 63.7 Å². The zero-order valence-corrected chi connectivity index (χ0v) is 20.7. The summed E-state index contributed by atoms with van der Waals surface area (Å²) >= 11 is 1.42. The fourth-order valence-electron chi connectivity index (χ4n) is 4.61. The Morgan fingerprint density at radius 2 is 1.81 bits per heavy atom. The molecule has 1 aromatic carbocycles. The first-order chi connectivity index (χ1) is 17.6. The summed E-state index contributed by atoms with van der Waals surface area (Å²) in [5.41, 5.74) is 1.73. The van der Waals surface area contributed by atoms with Crippen LogP contribution in [0.5, 0.6) is 0 Å². The van der Waals surface area contributed by atoms with Gasteiger partial charge in [-0.2, -0.15) is 0 Å². The number of amides is 1. The number of ether oxygens (including phenoxy) is 1. The maximum atomic E-state index is 13.8. The number of thiophene rings is 1. The number of benzene rings is 1.